The molecule has 1 aromatic carbocycles. The van der Waals surface area contributed by atoms with Gasteiger partial charge < -0.3 is 5.73 Å². The van der Waals surface area contributed by atoms with Crippen LogP contribution in [0.25, 0.3) is 5.82 Å². The van der Waals surface area contributed by atoms with Crippen LogP contribution in [-0.2, 0) is 6.54 Å². The van der Waals surface area contributed by atoms with E-state index in [1.165, 1.54) is 11.1 Å². The molecule has 11 heteroatoms. The number of carbonyl (C=O) groups excluding carboxylic acids is 1. The number of carbonyl (C=O) groups is 1. The molecule has 3 heterocycles. The van der Waals surface area contributed by atoms with E-state index in [2.05, 4.69) is 43.0 Å². The van der Waals surface area contributed by atoms with E-state index in [-0.39, 0.29) is 17.3 Å². The number of nitrogens with one attached hydrogen (secondary N) is 1. The Balaban J connectivity index is 1.62. The first-order valence-electron chi connectivity index (χ1n) is 10.8. The van der Waals surface area contributed by atoms with Gasteiger partial charge in [0.25, 0.3) is 5.91 Å². The average molecular weight is 438 g/mol. The highest BCUT2D eigenvalue weighted by molar-refractivity contribution is 6.02. The molecule has 0 radical (unpaired) electrons. The Morgan fingerprint density at radius 3 is 2.66 bits per heavy atom. The number of hydrogen-bond donors (Lipinski definition) is 2. The predicted molar refractivity (Wildman–Crippen MR) is 118 cm³/mol. The summed E-state index contributed by atoms with van der Waals surface area (Å²) in [6.45, 7) is 4.42. The lowest BCUT2D eigenvalue weighted by Crippen LogP contribution is -2.31. The van der Waals surface area contributed by atoms with Crippen LogP contribution in [0.4, 0.5) is 5.82 Å². The highest BCUT2D eigenvalue weighted by Gasteiger charge is 2.26. The van der Waals surface area contributed by atoms with E-state index in [9.17, 15) is 4.79 Å². The van der Waals surface area contributed by atoms with Crippen molar-refractivity contribution in [3.63, 3.8) is 0 Å². The molecule has 168 valence electrons. The van der Waals surface area contributed by atoms with Crippen molar-refractivity contribution in [2.45, 2.75) is 45.6 Å². The van der Waals surface area contributed by atoms with Crippen LogP contribution in [0.3, 0.4) is 0 Å². The lowest BCUT2D eigenvalue weighted by molar-refractivity contribution is 0.0947. The second-order valence-corrected chi connectivity index (χ2v) is 7.72. The predicted octanol–water partition coefficient (Wildman–Crippen LogP) is 2.15. The number of amides is 1. The van der Waals surface area contributed by atoms with Crippen molar-refractivity contribution in [3.8, 4) is 5.82 Å². The van der Waals surface area contributed by atoms with Gasteiger partial charge in [0, 0.05) is 6.54 Å². The Morgan fingerprint density at radius 1 is 1.19 bits per heavy atom. The van der Waals surface area contributed by atoms with E-state index in [1.807, 2.05) is 30.3 Å². The molecule has 1 aliphatic heterocycles. The van der Waals surface area contributed by atoms with Crippen molar-refractivity contribution in [3.05, 3.63) is 47.3 Å². The smallest absolute Gasteiger partial charge is 0.293 e. The number of hydrazone groups is 1. The molecule has 0 spiro atoms. The second-order valence-electron chi connectivity index (χ2n) is 7.72. The Kier molecular flexibility index (Phi) is 6.85. The fourth-order valence-electron chi connectivity index (χ4n) is 3.76. The molecule has 0 unspecified atom stereocenters. The molecular formula is C21H27N9O2. The SMILES string of the molecule is CCCC(=NNC(=O)c1nnn(-c2nonc2N)c1CN1CCCCC1)c1ccccc1. The van der Waals surface area contributed by atoms with Gasteiger partial charge in [0.2, 0.25) is 11.6 Å². The fraction of sp³-hybridized carbons (Fsp3) is 0.429. The number of anilines is 1. The van der Waals surface area contributed by atoms with Crippen LogP contribution in [0, 0.1) is 0 Å². The van der Waals surface area contributed by atoms with Crippen LogP contribution in [0.15, 0.2) is 40.1 Å². The summed E-state index contributed by atoms with van der Waals surface area (Å²) in [5, 5.41) is 20.1. The third-order valence-corrected chi connectivity index (χ3v) is 5.38. The van der Waals surface area contributed by atoms with Gasteiger partial charge in [-0.3, -0.25) is 9.69 Å². The number of nitrogen functional groups attached to an aromatic ring is 1. The van der Waals surface area contributed by atoms with Gasteiger partial charge in [0.15, 0.2) is 5.69 Å². The van der Waals surface area contributed by atoms with Gasteiger partial charge in [0.1, 0.15) is 0 Å². The minimum absolute atomic E-state index is 0.0779. The van der Waals surface area contributed by atoms with Crippen molar-refractivity contribution in [1.29, 1.82) is 0 Å². The van der Waals surface area contributed by atoms with Gasteiger partial charge in [-0.1, -0.05) is 55.3 Å². The van der Waals surface area contributed by atoms with Gasteiger partial charge in [-0.25, -0.2) is 10.1 Å². The number of piperidine rings is 1. The summed E-state index contributed by atoms with van der Waals surface area (Å²) < 4.78 is 6.14. The van der Waals surface area contributed by atoms with Crippen molar-refractivity contribution in [2.24, 2.45) is 5.10 Å². The van der Waals surface area contributed by atoms with Crippen LogP contribution < -0.4 is 11.2 Å². The summed E-state index contributed by atoms with van der Waals surface area (Å²) in [6.07, 6.45) is 5.06. The van der Waals surface area contributed by atoms with E-state index >= 15 is 0 Å². The second kappa shape index (κ2) is 10.1. The van der Waals surface area contributed by atoms with E-state index in [0.717, 1.165) is 50.0 Å². The third kappa shape index (κ3) is 4.83. The van der Waals surface area contributed by atoms with Crippen molar-refractivity contribution < 1.29 is 9.42 Å². The maximum Gasteiger partial charge on any atom is 0.293 e. The molecule has 0 saturated carbocycles. The van der Waals surface area contributed by atoms with Crippen LogP contribution in [0.1, 0.15) is 60.8 Å². The summed E-state index contributed by atoms with van der Waals surface area (Å²) in [4.78, 5) is 15.3. The molecule has 2 aromatic heterocycles. The van der Waals surface area contributed by atoms with Crippen LogP contribution >= 0.6 is 0 Å². The molecule has 3 aromatic rings. The topological polar surface area (TPSA) is 140 Å². The maximum atomic E-state index is 13.1. The quantitative estimate of drug-likeness (QED) is 0.403. The summed E-state index contributed by atoms with van der Waals surface area (Å²) in [5.41, 5.74) is 11.0. The minimum atomic E-state index is -0.442. The van der Waals surface area contributed by atoms with Gasteiger partial charge >= 0.3 is 0 Å². The molecule has 4 rings (SSSR count). The largest absolute Gasteiger partial charge is 0.378 e. The zero-order chi connectivity index (χ0) is 22.3. The normalized spacial score (nSPS) is 15.1. The van der Waals surface area contributed by atoms with Crippen molar-refractivity contribution in [2.75, 3.05) is 18.8 Å². The van der Waals surface area contributed by atoms with E-state index in [0.29, 0.717) is 12.2 Å². The van der Waals surface area contributed by atoms with Crippen molar-refractivity contribution in [1.82, 2.24) is 35.6 Å². The van der Waals surface area contributed by atoms with Crippen LogP contribution in [-0.4, -0.2) is 54.9 Å². The summed E-state index contributed by atoms with van der Waals surface area (Å²) in [5.74, 6) is -0.153. The molecule has 0 bridgehead atoms. The summed E-state index contributed by atoms with van der Waals surface area (Å²) in [6, 6.07) is 9.78. The molecule has 1 fully saturated rings. The number of benzene rings is 1. The Morgan fingerprint density at radius 2 is 1.97 bits per heavy atom. The van der Waals surface area contributed by atoms with E-state index in [1.54, 1.807) is 0 Å². The van der Waals surface area contributed by atoms with Crippen LogP contribution in [0.5, 0.6) is 0 Å². The molecule has 1 saturated heterocycles. The van der Waals surface area contributed by atoms with Gasteiger partial charge in [-0.15, -0.1) is 5.10 Å². The van der Waals surface area contributed by atoms with E-state index in [4.69, 9.17) is 10.4 Å². The van der Waals surface area contributed by atoms with Gasteiger partial charge in [-0.05, 0) is 48.2 Å². The number of hydrogen-bond acceptors (Lipinski definition) is 9. The zero-order valence-corrected chi connectivity index (χ0v) is 18.1. The molecule has 1 amide bonds. The van der Waals surface area contributed by atoms with E-state index < -0.39 is 5.91 Å². The lowest BCUT2D eigenvalue weighted by Gasteiger charge is -2.26. The first-order chi connectivity index (χ1) is 15.7. The fourth-order valence-corrected chi connectivity index (χ4v) is 3.76. The average Bonchev–Trinajstić information content (AvgIpc) is 3.43. The van der Waals surface area contributed by atoms with Gasteiger partial charge in [-0.2, -0.15) is 9.78 Å². The highest BCUT2D eigenvalue weighted by atomic mass is 16.6. The lowest BCUT2D eigenvalue weighted by atomic mass is 10.1. The minimum Gasteiger partial charge on any atom is -0.378 e. The maximum absolute atomic E-state index is 13.1. The zero-order valence-electron chi connectivity index (χ0n) is 18.1. The van der Waals surface area contributed by atoms with Crippen molar-refractivity contribution >= 4 is 17.4 Å². The molecule has 32 heavy (non-hydrogen) atoms. The summed E-state index contributed by atoms with van der Waals surface area (Å²) in [7, 11) is 0. The molecule has 3 N–H and O–H groups in total. The number of nitrogens with zero attached hydrogens (tertiary/aromatic N) is 7. The molecule has 1 aliphatic rings. The summed E-state index contributed by atoms with van der Waals surface area (Å²) >= 11 is 0. The number of nitrogens with two attached hydrogens (primary N) is 1. The monoisotopic (exact) mass is 437 g/mol. The van der Waals surface area contributed by atoms with Crippen LogP contribution in [0.2, 0.25) is 0 Å². The van der Waals surface area contributed by atoms with Gasteiger partial charge in [0.05, 0.1) is 11.4 Å². The molecule has 11 nitrogen and oxygen atoms in total. The standard InChI is InChI=1S/C21H27N9O2/c1-2-9-16(15-10-5-3-6-11-15)23-25-21(31)18-17(14-29-12-7-4-8-13-29)30(28-24-18)20-19(22)26-32-27-20/h3,5-6,10-11H,2,4,7-9,12-14H2,1H3,(H2,22,26)(H,25,31). The molecular weight excluding hydrogens is 410 g/mol. The Bertz CT molecular complexity index is 1070. The Hall–Kier alpha value is -3.60. The molecule has 0 aliphatic carbocycles. The first-order valence-corrected chi connectivity index (χ1v) is 10.8. The number of rotatable bonds is 8. The number of likely N-dealkylation sites (tertiary alicyclic amines) is 1. The molecule has 0 atom stereocenters. The third-order valence-electron chi connectivity index (χ3n) is 5.38. The highest BCUT2D eigenvalue weighted by Crippen LogP contribution is 2.20. The first kappa shape index (κ1) is 21.6. The number of aromatic nitrogens is 5. The Labute approximate surface area is 185 Å².